The lowest BCUT2D eigenvalue weighted by molar-refractivity contribution is 0.0935. The van der Waals surface area contributed by atoms with E-state index in [-0.39, 0.29) is 16.8 Å². The molecule has 3 rings (SSSR count). The third-order valence-electron chi connectivity index (χ3n) is 3.95. The van der Waals surface area contributed by atoms with E-state index in [1.54, 1.807) is 25.1 Å². The lowest BCUT2D eigenvalue weighted by atomic mass is 10.1. The van der Waals surface area contributed by atoms with Crippen LogP contribution in [-0.2, 0) is 10.0 Å². The van der Waals surface area contributed by atoms with Crippen molar-refractivity contribution in [3.8, 4) is 11.3 Å². The third-order valence-corrected chi connectivity index (χ3v) is 4.88. The molecule has 0 saturated carbocycles. The monoisotopic (exact) mass is 370 g/mol. The van der Waals surface area contributed by atoms with Gasteiger partial charge in [-0.2, -0.15) is 5.10 Å². The Morgan fingerprint density at radius 3 is 2.38 bits per heavy atom. The molecule has 1 heterocycles. The van der Waals surface area contributed by atoms with Gasteiger partial charge in [0.1, 0.15) is 5.69 Å². The lowest BCUT2D eigenvalue weighted by Crippen LogP contribution is -2.27. The van der Waals surface area contributed by atoms with E-state index in [1.807, 2.05) is 30.3 Å². The van der Waals surface area contributed by atoms with Gasteiger partial charge in [-0.05, 0) is 30.7 Å². The van der Waals surface area contributed by atoms with Crippen molar-refractivity contribution in [2.24, 2.45) is 5.14 Å². The van der Waals surface area contributed by atoms with Gasteiger partial charge in [-0.3, -0.25) is 9.89 Å². The number of amides is 1. The minimum Gasteiger partial charge on any atom is -0.344 e. The van der Waals surface area contributed by atoms with E-state index >= 15 is 0 Å². The molecule has 0 saturated heterocycles. The highest BCUT2D eigenvalue weighted by molar-refractivity contribution is 7.89. The van der Waals surface area contributed by atoms with Crippen LogP contribution < -0.4 is 10.5 Å². The first kappa shape index (κ1) is 17.8. The van der Waals surface area contributed by atoms with E-state index in [4.69, 9.17) is 5.14 Å². The van der Waals surface area contributed by atoms with Gasteiger partial charge in [-0.25, -0.2) is 13.6 Å². The number of rotatable bonds is 5. The van der Waals surface area contributed by atoms with Crippen molar-refractivity contribution >= 4 is 15.9 Å². The normalized spacial score (nSPS) is 12.5. The zero-order chi connectivity index (χ0) is 18.7. The predicted molar refractivity (Wildman–Crippen MR) is 97.7 cm³/mol. The summed E-state index contributed by atoms with van der Waals surface area (Å²) in [5, 5.41) is 14.8. The Balaban J connectivity index is 1.71. The fourth-order valence-corrected chi connectivity index (χ4v) is 3.01. The summed E-state index contributed by atoms with van der Waals surface area (Å²) < 4.78 is 22.6. The molecule has 0 radical (unpaired) electrons. The fourth-order valence-electron chi connectivity index (χ4n) is 2.50. The summed E-state index contributed by atoms with van der Waals surface area (Å²) in [5.74, 6) is -0.303. The minimum absolute atomic E-state index is 0.0286. The van der Waals surface area contributed by atoms with Gasteiger partial charge in [0.15, 0.2) is 0 Å². The highest BCUT2D eigenvalue weighted by atomic mass is 32.2. The molecule has 1 aromatic heterocycles. The van der Waals surface area contributed by atoms with Gasteiger partial charge in [0.05, 0.1) is 16.6 Å². The zero-order valence-corrected chi connectivity index (χ0v) is 14.8. The Bertz CT molecular complexity index is 1010. The smallest absolute Gasteiger partial charge is 0.269 e. The number of primary sulfonamides is 1. The van der Waals surface area contributed by atoms with Crippen molar-refractivity contribution in [1.29, 1.82) is 0 Å². The maximum absolute atomic E-state index is 12.4. The molecule has 7 nitrogen and oxygen atoms in total. The first-order valence-corrected chi connectivity index (χ1v) is 9.43. The van der Waals surface area contributed by atoms with Crippen molar-refractivity contribution in [3.63, 3.8) is 0 Å². The molecule has 1 amide bonds. The number of aromatic nitrogens is 2. The number of nitrogens with zero attached hydrogens (tertiary/aromatic N) is 1. The van der Waals surface area contributed by atoms with Crippen LogP contribution in [0.4, 0.5) is 0 Å². The summed E-state index contributed by atoms with van der Waals surface area (Å²) in [4.78, 5) is 12.4. The highest BCUT2D eigenvalue weighted by Gasteiger charge is 2.15. The molecule has 1 atom stereocenters. The number of nitrogens with two attached hydrogens (primary N) is 1. The van der Waals surface area contributed by atoms with Crippen molar-refractivity contribution in [1.82, 2.24) is 15.5 Å². The van der Waals surface area contributed by atoms with E-state index in [1.165, 1.54) is 12.1 Å². The van der Waals surface area contributed by atoms with Crippen LogP contribution in [0.2, 0.25) is 0 Å². The van der Waals surface area contributed by atoms with Gasteiger partial charge in [-0.1, -0.05) is 42.5 Å². The largest absolute Gasteiger partial charge is 0.344 e. The summed E-state index contributed by atoms with van der Waals surface area (Å²) in [6, 6.07) is 17.0. The molecule has 0 bridgehead atoms. The average Bonchev–Trinajstić information content (AvgIpc) is 3.12. The highest BCUT2D eigenvalue weighted by Crippen LogP contribution is 2.19. The van der Waals surface area contributed by atoms with Crippen LogP contribution in [0.3, 0.4) is 0 Å². The molecule has 26 heavy (non-hydrogen) atoms. The molecule has 0 fully saturated rings. The Hall–Kier alpha value is -2.97. The molecule has 134 valence electrons. The van der Waals surface area contributed by atoms with Gasteiger partial charge < -0.3 is 5.32 Å². The summed E-state index contributed by atoms with van der Waals surface area (Å²) in [7, 11) is -3.74. The Morgan fingerprint density at radius 1 is 1.12 bits per heavy atom. The van der Waals surface area contributed by atoms with Crippen molar-refractivity contribution in [2.75, 3.05) is 0 Å². The number of benzene rings is 2. The predicted octanol–water partition coefficient (Wildman–Crippen LogP) is 2.22. The van der Waals surface area contributed by atoms with Gasteiger partial charge in [0.2, 0.25) is 10.0 Å². The molecule has 0 aliphatic rings. The minimum atomic E-state index is -3.74. The number of sulfonamides is 1. The van der Waals surface area contributed by atoms with Crippen LogP contribution in [0, 0.1) is 0 Å². The fraction of sp³-hybridized carbons (Fsp3) is 0.111. The maximum Gasteiger partial charge on any atom is 0.269 e. The molecule has 0 aliphatic carbocycles. The molecule has 8 heteroatoms. The van der Waals surface area contributed by atoms with Crippen LogP contribution >= 0.6 is 0 Å². The van der Waals surface area contributed by atoms with Crippen LogP contribution in [0.15, 0.2) is 65.6 Å². The number of carbonyl (C=O) groups excluding carboxylic acids is 1. The van der Waals surface area contributed by atoms with E-state index < -0.39 is 10.0 Å². The van der Waals surface area contributed by atoms with E-state index in [2.05, 4.69) is 15.5 Å². The Morgan fingerprint density at radius 2 is 1.77 bits per heavy atom. The molecular formula is C18H18N4O3S. The van der Waals surface area contributed by atoms with Crippen molar-refractivity contribution in [2.45, 2.75) is 17.9 Å². The number of nitrogens with one attached hydrogen (secondary N) is 2. The quantitative estimate of drug-likeness (QED) is 0.638. The number of carbonyl (C=O) groups is 1. The maximum atomic E-state index is 12.4. The van der Waals surface area contributed by atoms with Crippen LogP contribution in [0.5, 0.6) is 0 Å². The number of aromatic amines is 1. The van der Waals surface area contributed by atoms with Crippen LogP contribution in [-0.4, -0.2) is 24.5 Å². The number of H-pyrrole nitrogens is 1. The summed E-state index contributed by atoms with van der Waals surface area (Å²) in [5.41, 5.74) is 2.70. The average molecular weight is 370 g/mol. The second-order valence-electron chi connectivity index (χ2n) is 5.84. The van der Waals surface area contributed by atoms with Gasteiger partial charge in [0, 0.05) is 5.56 Å². The summed E-state index contributed by atoms with van der Waals surface area (Å²) in [6.07, 6.45) is 0. The standard InChI is InChI=1S/C18H18N4O3S/c1-12(13-7-9-15(10-8-13)26(19,24)25)20-18(23)17-11-16(21-22-17)14-5-3-2-4-6-14/h2-12H,1H3,(H,20,23)(H,21,22)(H2,19,24,25). The molecule has 2 aromatic carbocycles. The molecular weight excluding hydrogens is 352 g/mol. The third kappa shape index (κ3) is 3.98. The molecule has 0 spiro atoms. The summed E-state index contributed by atoms with van der Waals surface area (Å²) in [6.45, 7) is 1.80. The van der Waals surface area contributed by atoms with Crippen LogP contribution in [0.1, 0.15) is 29.0 Å². The van der Waals surface area contributed by atoms with Crippen LogP contribution in [0.25, 0.3) is 11.3 Å². The zero-order valence-electron chi connectivity index (χ0n) is 14.0. The Kier molecular flexibility index (Phi) is 4.88. The number of hydrogen-bond acceptors (Lipinski definition) is 4. The topological polar surface area (TPSA) is 118 Å². The van der Waals surface area contributed by atoms with Gasteiger partial charge in [0.25, 0.3) is 5.91 Å². The van der Waals surface area contributed by atoms with Crippen molar-refractivity contribution < 1.29 is 13.2 Å². The first-order chi connectivity index (χ1) is 12.3. The van der Waals surface area contributed by atoms with E-state index in [0.717, 1.165) is 11.1 Å². The molecule has 4 N–H and O–H groups in total. The molecule has 0 aliphatic heterocycles. The van der Waals surface area contributed by atoms with Gasteiger partial charge >= 0.3 is 0 Å². The second-order valence-corrected chi connectivity index (χ2v) is 7.40. The van der Waals surface area contributed by atoms with Crippen molar-refractivity contribution in [3.05, 3.63) is 71.9 Å². The molecule has 1 unspecified atom stereocenters. The number of hydrogen-bond donors (Lipinski definition) is 3. The van der Waals surface area contributed by atoms with Gasteiger partial charge in [-0.15, -0.1) is 0 Å². The molecule has 3 aromatic rings. The SMILES string of the molecule is CC(NC(=O)c1cc(-c2ccccc2)n[nH]1)c1ccc(S(N)(=O)=O)cc1. The Labute approximate surface area is 151 Å². The summed E-state index contributed by atoms with van der Waals surface area (Å²) >= 11 is 0. The second kappa shape index (κ2) is 7.11. The van der Waals surface area contributed by atoms with E-state index in [0.29, 0.717) is 11.4 Å². The lowest BCUT2D eigenvalue weighted by Gasteiger charge is -2.14. The first-order valence-electron chi connectivity index (χ1n) is 7.89. The van der Waals surface area contributed by atoms with E-state index in [9.17, 15) is 13.2 Å².